The third-order valence-electron chi connectivity index (χ3n) is 3.00. The number of nitrogens with two attached hydrogens (primary N) is 1. The third-order valence-corrected chi connectivity index (χ3v) is 4.61. The number of carbonyl (C=O) groups is 1. The molecule has 0 spiro atoms. The number of anilines is 1. The Hall–Kier alpha value is -1.65. The summed E-state index contributed by atoms with van der Waals surface area (Å²) in [6.07, 6.45) is 0. The summed E-state index contributed by atoms with van der Waals surface area (Å²) in [5.74, 6) is -0.0118. The van der Waals surface area contributed by atoms with Crippen molar-refractivity contribution < 1.29 is 9.53 Å². The summed E-state index contributed by atoms with van der Waals surface area (Å²) >= 11 is 7.77. The van der Waals surface area contributed by atoms with Crippen LogP contribution < -0.4 is 5.73 Å². The Bertz CT molecular complexity index is 619. The van der Waals surface area contributed by atoms with E-state index < -0.39 is 0 Å². The molecular formula is C16H16ClNO2S. The van der Waals surface area contributed by atoms with Crippen LogP contribution in [0, 0.1) is 0 Å². The van der Waals surface area contributed by atoms with Crippen molar-refractivity contribution in [3.05, 3.63) is 64.7 Å². The SMILES string of the molecule is COC(=O)CSC(c1ccccc1)c1cc(N)ccc1Cl. The van der Waals surface area contributed by atoms with Crippen LogP contribution in [0.2, 0.25) is 5.02 Å². The first-order valence-electron chi connectivity index (χ1n) is 6.40. The Balaban J connectivity index is 2.35. The average Bonchev–Trinajstić information content (AvgIpc) is 2.51. The van der Waals surface area contributed by atoms with E-state index in [0.717, 1.165) is 11.1 Å². The molecule has 0 aliphatic rings. The van der Waals surface area contributed by atoms with Gasteiger partial charge in [0.2, 0.25) is 0 Å². The van der Waals surface area contributed by atoms with Crippen LogP contribution in [0.1, 0.15) is 16.4 Å². The molecule has 2 aromatic carbocycles. The molecule has 0 aliphatic heterocycles. The van der Waals surface area contributed by atoms with E-state index in [9.17, 15) is 4.79 Å². The van der Waals surface area contributed by atoms with Crippen molar-refractivity contribution in [3.63, 3.8) is 0 Å². The zero-order chi connectivity index (χ0) is 15.2. The van der Waals surface area contributed by atoms with Gasteiger partial charge in [0.05, 0.1) is 18.1 Å². The molecule has 2 aromatic rings. The molecule has 2 rings (SSSR count). The number of hydrogen-bond donors (Lipinski definition) is 1. The van der Waals surface area contributed by atoms with Crippen molar-refractivity contribution in [1.29, 1.82) is 0 Å². The molecule has 0 aliphatic carbocycles. The molecule has 0 fully saturated rings. The summed E-state index contributed by atoms with van der Waals surface area (Å²) in [7, 11) is 1.38. The number of rotatable bonds is 5. The van der Waals surface area contributed by atoms with Crippen molar-refractivity contribution in [1.82, 2.24) is 0 Å². The predicted octanol–water partition coefficient (Wildman–Crippen LogP) is 3.92. The van der Waals surface area contributed by atoms with Crippen LogP contribution in [-0.4, -0.2) is 18.8 Å². The Morgan fingerprint density at radius 1 is 1.29 bits per heavy atom. The maximum atomic E-state index is 11.4. The number of ether oxygens (including phenoxy) is 1. The van der Waals surface area contributed by atoms with E-state index in [2.05, 4.69) is 0 Å². The molecule has 2 N–H and O–H groups in total. The summed E-state index contributed by atoms with van der Waals surface area (Å²) in [4.78, 5) is 11.4. The molecule has 1 atom stereocenters. The van der Waals surface area contributed by atoms with E-state index in [0.29, 0.717) is 10.7 Å². The Morgan fingerprint density at radius 2 is 2.00 bits per heavy atom. The fraction of sp³-hybridized carbons (Fsp3) is 0.188. The number of thioether (sulfide) groups is 1. The monoisotopic (exact) mass is 321 g/mol. The zero-order valence-electron chi connectivity index (χ0n) is 11.6. The molecule has 1 unspecified atom stereocenters. The minimum atomic E-state index is -0.263. The van der Waals surface area contributed by atoms with Gasteiger partial charge in [-0.05, 0) is 29.3 Å². The van der Waals surface area contributed by atoms with Gasteiger partial charge in [-0.25, -0.2) is 0 Å². The predicted molar refractivity (Wildman–Crippen MR) is 88.6 cm³/mol. The number of benzene rings is 2. The first-order chi connectivity index (χ1) is 10.1. The van der Waals surface area contributed by atoms with E-state index in [-0.39, 0.29) is 17.0 Å². The van der Waals surface area contributed by atoms with Crippen LogP contribution in [0.15, 0.2) is 48.5 Å². The van der Waals surface area contributed by atoms with Gasteiger partial charge in [0, 0.05) is 10.7 Å². The Kier molecular flexibility index (Phi) is 5.53. The fourth-order valence-corrected chi connectivity index (χ4v) is 3.40. The highest BCUT2D eigenvalue weighted by Crippen LogP contribution is 2.39. The molecule has 0 radical (unpaired) electrons. The Labute approximate surface area is 133 Å². The van der Waals surface area contributed by atoms with E-state index >= 15 is 0 Å². The lowest BCUT2D eigenvalue weighted by molar-refractivity contribution is -0.137. The van der Waals surface area contributed by atoms with Gasteiger partial charge in [0.25, 0.3) is 0 Å². The molecule has 3 nitrogen and oxygen atoms in total. The van der Waals surface area contributed by atoms with Gasteiger partial charge in [-0.1, -0.05) is 41.9 Å². The molecule has 0 heterocycles. The number of halogens is 1. The first-order valence-corrected chi connectivity index (χ1v) is 7.82. The summed E-state index contributed by atoms with van der Waals surface area (Å²) in [6, 6.07) is 15.3. The Morgan fingerprint density at radius 3 is 2.67 bits per heavy atom. The highest BCUT2D eigenvalue weighted by Gasteiger charge is 2.19. The largest absolute Gasteiger partial charge is 0.468 e. The van der Waals surface area contributed by atoms with Crippen molar-refractivity contribution in [2.75, 3.05) is 18.6 Å². The van der Waals surface area contributed by atoms with Crippen molar-refractivity contribution in [2.45, 2.75) is 5.25 Å². The minimum absolute atomic E-state index is 0.0682. The third kappa shape index (κ3) is 4.16. The van der Waals surface area contributed by atoms with Gasteiger partial charge in [-0.2, -0.15) is 0 Å². The maximum absolute atomic E-state index is 11.4. The number of hydrogen-bond acceptors (Lipinski definition) is 4. The van der Waals surface area contributed by atoms with Crippen molar-refractivity contribution >= 4 is 35.0 Å². The first kappa shape index (κ1) is 15.7. The molecular weight excluding hydrogens is 306 g/mol. The second-order valence-electron chi connectivity index (χ2n) is 4.46. The normalized spacial score (nSPS) is 11.9. The topological polar surface area (TPSA) is 52.3 Å². The van der Waals surface area contributed by atoms with Crippen LogP contribution in [0.3, 0.4) is 0 Å². The molecule has 0 aromatic heterocycles. The lowest BCUT2D eigenvalue weighted by Gasteiger charge is -2.19. The van der Waals surface area contributed by atoms with Gasteiger partial charge in [-0.15, -0.1) is 11.8 Å². The zero-order valence-corrected chi connectivity index (χ0v) is 13.2. The number of carbonyl (C=O) groups excluding carboxylic acids is 1. The van der Waals surface area contributed by atoms with Crippen LogP contribution in [0.4, 0.5) is 5.69 Å². The van der Waals surface area contributed by atoms with Gasteiger partial charge in [-0.3, -0.25) is 4.79 Å². The second kappa shape index (κ2) is 7.38. The summed E-state index contributed by atoms with van der Waals surface area (Å²) < 4.78 is 4.71. The van der Waals surface area contributed by atoms with Crippen molar-refractivity contribution in [3.8, 4) is 0 Å². The van der Waals surface area contributed by atoms with Gasteiger partial charge >= 0.3 is 5.97 Å². The lowest BCUT2D eigenvalue weighted by atomic mass is 10.0. The second-order valence-corrected chi connectivity index (χ2v) is 5.96. The molecule has 110 valence electrons. The molecule has 0 saturated heterocycles. The van der Waals surface area contributed by atoms with Gasteiger partial charge in [0.1, 0.15) is 0 Å². The molecule has 5 heteroatoms. The molecule has 21 heavy (non-hydrogen) atoms. The summed E-state index contributed by atoms with van der Waals surface area (Å²) in [5.41, 5.74) is 8.48. The highest BCUT2D eigenvalue weighted by atomic mass is 35.5. The van der Waals surface area contributed by atoms with Gasteiger partial charge in [0.15, 0.2) is 0 Å². The van der Waals surface area contributed by atoms with E-state index in [1.807, 2.05) is 36.4 Å². The standard InChI is InChI=1S/C16H16ClNO2S/c1-20-15(19)10-21-16(11-5-3-2-4-6-11)13-9-12(18)7-8-14(13)17/h2-9,16H,10,18H2,1H3. The van der Waals surface area contributed by atoms with E-state index in [4.69, 9.17) is 22.1 Å². The fourth-order valence-electron chi connectivity index (χ4n) is 1.97. The number of esters is 1. The molecule has 0 amide bonds. The van der Waals surface area contributed by atoms with Gasteiger partial charge < -0.3 is 10.5 Å². The maximum Gasteiger partial charge on any atom is 0.315 e. The van der Waals surface area contributed by atoms with Crippen LogP contribution in [-0.2, 0) is 9.53 Å². The van der Waals surface area contributed by atoms with E-state index in [1.54, 1.807) is 12.1 Å². The molecule has 0 saturated carbocycles. The average molecular weight is 322 g/mol. The summed E-state index contributed by atoms with van der Waals surface area (Å²) in [5, 5.41) is 0.566. The van der Waals surface area contributed by atoms with Crippen LogP contribution >= 0.6 is 23.4 Å². The van der Waals surface area contributed by atoms with Crippen LogP contribution in [0.5, 0.6) is 0 Å². The van der Waals surface area contributed by atoms with Crippen LogP contribution in [0.25, 0.3) is 0 Å². The van der Waals surface area contributed by atoms with Crippen molar-refractivity contribution in [2.24, 2.45) is 0 Å². The highest BCUT2D eigenvalue weighted by molar-refractivity contribution is 8.00. The number of nitrogen functional groups attached to an aromatic ring is 1. The van der Waals surface area contributed by atoms with E-state index in [1.165, 1.54) is 18.9 Å². The summed E-state index contributed by atoms with van der Waals surface area (Å²) in [6.45, 7) is 0. The molecule has 0 bridgehead atoms. The quantitative estimate of drug-likeness (QED) is 0.670. The minimum Gasteiger partial charge on any atom is -0.468 e. The lowest BCUT2D eigenvalue weighted by Crippen LogP contribution is -2.07. The smallest absolute Gasteiger partial charge is 0.315 e. The number of methoxy groups -OCH3 is 1.